The fourth-order valence-electron chi connectivity index (χ4n) is 3.88. The summed E-state index contributed by atoms with van der Waals surface area (Å²) < 4.78 is 2.18. The number of aliphatic carboxylic acids is 1. The molecule has 0 radical (unpaired) electrons. The van der Waals surface area contributed by atoms with Crippen molar-refractivity contribution in [2.24, 2.45) is 0 Å². The van der Waals surface area contributed by atoms with Gasteiger partial charge in [-0.2, -0.15) is 0 Å². The highest BCUT2D eigenvalue weighted by molar-refractivity contribution is 5.99. The van der Waals surface area contributed by atoms with Gasteiger partial charge < -0.3 is 9.67 Å². The largest absolute Gasteiger partial charge is 0.480 e. The van der Waals surface area contributed by atoms with Gasteiger partial charge in [0.25, 0.3) is 0 Å². The number of aromatic nitrogens is 1. The molecule has 138 valence electrons. The van der Waals surface area contributed by atoms with Gasteiger partial charge in [-0.1, -0.05) is 30.3 Å². The third kappa shape index (κ3) is 3.88. The molecule has 2 aromatic rings. The van der Waals surface area contributed by atoms with E-state index in [0.29, 0.717) is 18.5 Å². The third-order valence-corrected chi connectivity index (χ3v) is 5.34. The number of likely N-dealkylation sites (tertiary alicyclic amines) is 1. The summed E-state index contributed by atoms with van der Waals surface area (Å²) in [5, 5.41) is 9.29. The first-order valence-electron chi connectivity index (χ1n) is 9.18. The van der Waals surface area contributed by atoms with Crippen molar-refractivity contribution in [1.82, 2.24) is 9.47 Å². The minimum Gasteiger partial charge on any atom is -0.480 e. The molecule has 1 aromatic carbocycles. The van der Waals surface area contributed by atoms with Gasteiger partial charge in [0, 0.05) is 23.5 Å². The number of carboxylic acids is 1. The molecule has 1 aromatic heterocycles. The first-order valence-corrected chi connectivity index (χ1v) is 9.18. The highest BCUT2D eigenvalue weighted by Gasteiger charge is 2.32. The summed E-state index contributed by atoms with van der Waals surface area (Å²) in [6.07, 6.45) is 2.37. The lowest BCUT2D eigenvalue weighted by molar-refractivity contribution is -0.141. The monoisotopic (exact) mass is 354 g/mol. The Morgan fingerprint density at radius 3 is 2.62 bits per heavy atom. The van der Waals surface area contributed by atoms with Crippen LogP contribution in [0.4, 0.5) is 0 Å². The Labute approximate surface area is 154 Å². The molecule has 1 N–H and O–H groups in total. The molecule has 0 amide bonds. The molecule has 5 heteroatoms. The van der Waals surface area contributed by atoms with Crippen LogP contribution in [-0.4, -0.2) is 45.5 Å². The molecule has 3 rings (SSSR count). The van der Waals surface area contributed by atoms with Gasteiger partial charge in [-0.3, -0.25) is 14.5 Å². The summed E-state index contributed by atoms with van der Waals surface area (Å²) in [7, 11) is 0. The molecule has 0 aliphatic carbocycles. The van der Waals surface area contributed by atoms with E-state index in [1.165, 1.54) is 5.56 Å². The Hall–Kier alpha value is -2.40. The van der Waals surface area contributed by atoms with Gasteiger partial charge in [0.2, 0.25) is 0 Å². The van der Waals surface area contributed by atoms with E-state index in [0.717, 1.165) is 30.8 Å². The van der Waals surface area contributed by atoms with Crippen molar-refractivity contribution in [2.75, 3.05) is 13.1 Å². The Morgan fingerprint density at radius 2 is 1.92 bits per heavy atom. The van der Waals surface area contributed by atoms with E-state index >= 15 is 0 Å². The van der Waals surface area contributed by atoms with Crippen LogP contribution < -0.4 is 0 Å². The summed E-state index contributed by atoms with van der Waals surface area (Å²) in [6.45, 7) is 5.68. The molecule has 26 heavy (non-hydrogen) atoms. The van der Waals surface area contributed by atoms with Crippen molar-refractivity contribution in [3.63, 3.8) is 0 Å². The van der Waals surface area contributed by atoms with E-state index in [9.17, 15) is 14.7 Å². The van der Waals surface area contributed by atoms with Crippen LogP contribution in [0.15, 0.2) is 36.4 Å². The van der Waals surface area contributed by atoms with E-state index in [1.54, 1.807) is 4.90 Å². The average molecular weight is 354 g/mol. The van der Waals surface area contributed by atoms with E-state index in [4.69, 9.17) is 0 Å². The van der Waals surface area contributed by atoms with E-state index in [1.807, 2.05) is 38.1 Å². The number of Topliss-reactive ketones (excluding diaryl/α,β-unsaturated/α-hetero) is 1. The maximum absolute atomic E-state index is 12.8. The van der Waals surface area contributed by atoms with Crippen molar-refractivity contribution in [3.8, 4) is 0 Å². The summed E-state index contributed by atoms with van der Waals surface area (Å²) in [4.78, 5) is 25.9. The van der Waals surface area contributed by atoms with E-state index < -0.39 is 12.0 Å². The molecule has 2 heterocycles. The first kappa shape index (κ1) is 18.4. The fourth-order valence-corrected chi connectivity index (χ4v) is 3.88. The number of nitrogens with zero attached hydrogens (tertiary/aromatic N) is 2. The van der Waals surface area contributed by atoms with Crippen LogP contribution in [0.2, 0.25) is 0 Å². The summed E-state index contributed by atoms with van der Waals surface area (Å²) in [5.74, 6) is -0.819. The summed E-state index contributed by atoms with van der Waals surface area (Å²) in [5.41, 5.74) is 4.02. The molecule has 1 saturated heterocycles. The maximum atomic E-state index is 12.8. The first-order chi connectivity index (χ1) is 12.5. The lowest BCUT2D eigenvalue weighted by atomic mass is 10.1. The van der Waals surface area contributed by atoms with Crippen LogP contribution in [0.1, 0.15) is 40.2 Å². The van der Waals surface area contributed by atoms with E-state index in [-0.39, 0.29) is 12.3 Å². The van der Waals surface area contributed by atoms with Gasteiger partial charge >= 0.3 is 5.97 Å². The van der Waals surface area contributed by atoms with Crippen LogP contribution in [0.5, 0.6) is 0 Å². The SMILES string of the molecule is Cc1cc(C(=O)CN2CCCC2C(=O)O)c(C)n1CCc1ccccc1. The zero-order valence-electron chi connectivity index (χ0n) is 15.4. The zero-order valence-corrected chi connectivity index (χ0v) is 15.4. The van der Waals surface area contributed by atoms with Crippen molar-refractivity contribution in [1.29, 1.82) is 0 Å². The number of carboxylic acid groups (broad SMARTS) is 1. The minimum atomic E-state index is -0.830. The molecule has 1 atom stereocenters. The van der Waals surface area contributed by atoms with Gasteiger partial charge in [0.05, 0.1) is 6.54 Å². The zero-order chi connectivity index (χ0) is 18.7. The second kappa shape index (κ2) is 7.87. The van der Waals surface area contributed by atoms with Crippen LogP contribution in [0.25, 0.3) is 0 Å². The molecule has 1 aliphatic rings. The number of hydrogen-bond donors (Lipinski definition) is 1. The standard InChI is InChI=1S/C21H26N2O3/c1-15-13-18(20(24)14-22-11-6-9-19(22)21(25)26)16(2)23(15)12-10-17-7-4-3-5-8-17/h3-5,7-8,13,19H,6,9-12,14H2,1-2H3,(H,25,26). The number of carbonyl (C=O) groups excluding carboxylic acids is 1. The molecule has 0 saturated carbocycles. The number of ketones is 1. The van der Waals surface area contributed by atoms with Gasteiger partial charge in [-0.25, -0.2) is 0 Å². The molecule has 0 bridgehead atoms. The van der Waals surface area contributed by atoms with Crippen molar-refractivity contribution < 1.29 is 14.7 Å². The fraction of sp³-hybridized carbons (Fsp3) is 0.429. The number of benzene rings is 1. The molecule has 1 unspecified atom stereocenters. The molecule has 1 aliphatic heterocycles. The molecule has 1 fully saturated rings. The molecular formula is C21H26N2O3. The maximum Gasteiger partial charge on any atom is 0.320 e. The average Bonchev–Trinajstić information content (AvgIpc) is 3.19. The number of aryl methyl sites for hydroxylation is 2. The highest BCUT2D eigenvalue weighted by Crippen LogP contribution is 2.21. The Balaban J connectivity index is 1.70. The van der Waals surface area contributed by atoms with Crippen molar-refractivity contribution in [3.05, 3.63) is 58.9 Å². The topological polar surface area (TPSA) is 62.5 Å². The van der Waals surface area contributed by atoms with Crippen LogP contribution in [-0.2, 0) is 17.8 Å². The Kier molecular flexibility index (Phi) is 5.57. The second-order valence-electron chi connectivity index (χ2n) is 7.06. The lowest BCUT2D eigenvalue weighted by Crippen LogP contribution is -2.39. The number of hydrogen-bond acceptors (Lipinski definition) is 3. The molecule has 0 spiro atoms. The van der Waals surface area contributed by atoms with Gasteiger partial charge in [-0.05, 0) is 51.3 Å². The normalized spacial score (nSPS) is 17.5. The summed E-state index contributed by atoms with van der Waals surface area (Å²) >= 11 is 0. The van der Waals surface area contributed by atoms with Crippen LogP contribution in [0.3, 0.4) is 0 Å². The Bertz CT molecular complexity index is 795. The second-order valence-corrected chi connectivity index (χ2v) is 7.06. The number of rotatable bonds is 7. The lowest BCUT2D eigenvalue weighted by Gasteiger charge is -2.20. The van der Waals surface area contributed by atoms with Gasteiger partial charge in [-0.15, -0.1) is 0 Å². The van der Waals surface area contributed by atoms with Crippen LogP contribution >= 0.6 is 0 Å². The quantitative estimate of drug-likeness (QED) is 0.776. The van der Waals surface area contributed by atoms with Gasteiger partial charge in [0.1, 0.15) is 6.04 Å². The van der Waals surface area contributed by atoms with Crippen molar-refractivity contribution in [2.45, 2.75) is 45.7 Å². The van der Waals surface area contributed by atoms with Gasteiger partial charge in [0.15, 0.2) is 5.78 Å². The minimum absolute atomic E-state index is 0.0113. The number of carbonyl (C=O) groups is 2. The predicted octanol–water partition coefficient (Wildman–Crippen LogP) is 3.08. The molecular weight excluding hydrogens is 328 g/mol. The smallest absolute Gasteiger partial charge is 0.320 e. The summed E-state index contributed by atoms with van der Waals surface area (Å²) in [6, 6.07) is 11.7. The van der Waals surface area contributed by atoms with Crippen molar-refractivity contribution >= 4 is 11.8 Å². The predicted molar refractivity (Wildman–Crippen MR) is 101 cm³/mol. The Morgan fingerprint density at radius 1 is 1.19 bits per heavy atom. The molecule has 5 nitrogen and oxygen atoms in total. The highest BCUT2D eigenvalue weighted by atomic mass is 16.4. The van der Waals surface area contributed by atoms with Crippen LogP contribution in [0, 0.1) is 13.8 Å². The van der Waals surface area contributed by atoms with E-state index in [2.05, 4.69) is 16.7 Å². The third-order valence-electron chi connectivity index (χ3n) is 5.34.